The second-order valence-electron chi connectivity index (χ2n) is 8.29. The number of fused-ring (bicyclic) bond motifs is 1. The zero-order chi connectivity index (χ0) is 24.5. The Balaban J connectivity index is 1.94. The van der Waals surface area contributed by atoms with Crippen LogP contribution in [-0.2, 0) is 14.8 Å². The molecule has 0 atom stereocenters. The first-order valence-electron chi connectivity index (χ1n) is 10.9. The maximum Gasteiger partial charge on any atom is 0.270 e. The second kappa shape index (κ2) is 9.49. The summed E-state index contributed by atoms with van der Waals surface area (Å²) in [7, 11) is -4.20. The summed E-state index contributed by atoms with van der Waals surface area (Å²) < 4.78 is 28.9. The van der Waals surface area contributed by atoms with Gasteiger partial charge in [-0.1, -0.05) is 74.0 Å². The van der Waals surface area contributed by atoms with Crippen LogP contribution in [0.1, 0.15) is 36.5 Å². The predicted octanol–water partition coefficient (Wildman–Crippen LogP) is 6.20. The molecule has 1 amide bonds. The van der Waals surface area contributed by atoms with Gasteiger partial charge >= 0.3 is 0 Å². The van der Waals surface area contributed by atoms with E-state index >= 15 is 0 Å². The summed E-state index contributed by atoms with van der Waals surface area (Å²) in [5, 5.41) is 3.22. The number of anilines is 2. The molecule has 174 valence electrons. The largest absolute Gasteiger partial charge is 0.321 e. The average Bonchev–Trinajstić information content (AvgIpc) is 2.81. The van der Waals surface area contributed by atoms with E-state index in [9.17, 15) is 13.2 Å². The van der Waals surface area contributed by atoms with E-state index in [0.29, 0.717) is 39.0 Å². The summed E-state index contributed by atoms with van der Waals surface area (Å²) >= 11 is 6.31. The van der Waals surface area contributed by atoms with Crippen LogP contribution in [0.15, 0.2) is 90.4 Å². The van der Waals surface area contributed by atoms with E-state index in [1.54, 1.807) is 54.6 Å². The number of carbonyl (C=O) groups is 1. The molecular weight excluding hydrogens is 468 g/mol. The Morgan fingerprint density at radius 1 is 1.06 bits per heavy atom. The van der Waals surface area contributed by atoms with E-state index < -0.39 is 15.9 Å². The number of halogens is 1. The summed E-state index contributed by atoms with van der Waals surface area (Å²) in [6.07, 6.45) is 1.49. The third kappa shape index (κ3) is 4.39. The maximum absolute atomic E-state index is 13.8. The molecule has 7 heteroatoms. The number of nitrogens with zero attached hydrogens (tertiary/aromatic N) is 1. The molecule has 5 nitrogen and oxygen atoms in total. The minimum absolute atomic E-state index is 0.0128. The number of benzene rings is 3. The normalized spacial score (nSPS) is 14.6. The van der Waals surface area contributed by atoms with Crippen molar-refractivity contribution in [1.29, 1.82) is 0 Å². The highest BCUT2D eigenvalue weighted by Gasteiger charge is 2.41. The molecule has 3 aromatic rings. The van der Waals surface area contributed by atoms with Crippen LogP contribution in [0.3, 0.4) is 0 Å². The monoisotopic (exact) mass is 492 g/mol. The lowest BCUT2D eigenvalue weighted by atomic mass is 9.95. The number of nitrogens with one attached hydrogen (secondary N) is 1. The molecule has 0 unspecified atom stereocenters. The summed E-state index contributed by atoms with van der Waals surface area (Å²) in [6, 6.07) is 21.4. The minimum atomic E-state index is -4.20. The number of hydrogen-bond donors (Lipinski definition) is 1. The molecular formula is C27H25ClN2O3S. The number of rotatable bonds is 6. The molecule has 3 aromatic carbocycles. The lowest BCUT2D eigenvalue weighted by Gasteiger charge is -2.33. The first-order valence-corrected chi connectivity index (χ1v) is 12.7. The fraction of sp³-hybridized carbons (Fsp3) is 0.148. The Bertz CT molecular complexity index is 1380. The van der Waals surface area contributed by atoms with Crippen LogP contribution in [0.4, 0.5) is 11.4 Å². The lowest BCUT2D eigenvalue weighted by Crippen LogP contribution is -2.39. The zero-order valence-electron chi connectivity index (χ0n) is 19.0. The minimum Gasteiger partial charge on any atom is -0.321 e. The number of sulfonamides is 1. The van der Waals surface area contributed by atoms with Gasteiger partial charge in [0.25, 0.3) is 15.9 Å². The van der Waals surface area contributed by atoms with Crippen molar-refractivity contribution in [3.05, 3.63) is 112 Å². The first-order chi connectivity index (χ1) is 16.2. The molecule has 0 aliphatic carbocycles. The van der Waals surface area contributed by atoms with Crippen LogP contribution >= 0.6 is 11.6 Å². The smallest absolute Gasteiger partial charge is 0.270 e. The fourth-order valence-corrected chi connectivity index (χ4v) is 5.88. The number of hydrogen-bond acceptors (Lipinski definition) is 3. The molecule has 0 radical (unpaired) electrons. The van der Waals surface area contributed by atoms with Gasteiger partial charge in [0.15, 0.2) is 4.91 Å². The molecule has 0 aromatic heterocycles. The van der Waals surface area contributed by atoms with Crippen molar-refractivity contribution in [3.8, 4) is 0 Å². The Labute approximate surface area is 205 Å². The van der Waals surface area contributed by atoms with Crippen LogP contribution in [0.25, 0.3) is 5.57 Å². The number of amides is 1. The van der Waals surface area contributed by atoms with Gasteiger partial charge < -0.3 is 5.32 Å². The van der Waals surface area contributed by atoms with Gasteiger partial charge in [0.2, 0.25) is 0 Å². The first kappa shape index (κ1) is 23.8. The zero-order valence-corrected chi connectivity index (χ0v) is 20.5. The molecule has 1 aliphatic heterocycles. The molecule has 0 saturated heterocycles. The third-order valence-electron chi connectivity index (χ3n) is 5.67. The Hall–Kier alpha value is -3.35. The summed E-state index contributed by atoms with van der Waals surface area (Å²) in [5.41, 5.74) is 3.56. The molecule has 0 bridgehead atoms. The van der Waals surface area contributed by atoms with Crippen molar-refractivity contribution in [2.45, 2.75) is 19.8 Å². The van der Waals surface area contributed by atoms with Crippen molar-refractivity contribution < 1.29 is 13.2 Å². The van der Waals surface area contributed by atoms with Crippen LogP contribution in [0.2, 0.25) is 5.02 Å². The standard InChI is InChI=1S/C27H25ClN2O3S/c1-4-16-30-24-15-12-21(28)17-23(24)25(20-8-6-5-7-9-20)26(34(30,32)33)27(31)29-22-13-10-19(11-14-22)18(2)3/h4-15,17-18H,1,16H2,2-3H3,(H,29,31). The molecule has 1 N–H and O–H groups in total. The van der Waals surface area contributed by atoms with Gasteiger partial charge in [0, 0.05) is 21.8 Å². The Morgan fingerprint density at radius 3 is 2.35 bits per heavy atom. The lowest BCUT2D eigenvalue weighted by molar-refractivity contribution is -0.112. The van der Waals surface area contributed by atoms with E-state index in [-0.39, 0.29) is 11.4 Å². The third-order valence-corrected chi connectivity index (χ3v) is 7.74. The maximum atomic E-state index is 13.8. The van der Waals surface area contributed by atoms with E-state index in [2.05, 4.69) is 25.7 Å². The van der Waals surface area contributed by atoms with Crippen LogP contribution < -0.4 is 9.62 Å². The highest BCUT2D eigenvalue weighted by Crippen LogP contribution is 2.44. The van der Waals surface area contributed by atoms with Gasteiger partial charge in [0.05, 0.1) is 12.2 Å². The van der Waals surface area contributed by atoms with Crippen molar-refractivity contribution >= 4 is 44.5 Å². The van der Waals surface area contributed by atoms with Crippen LogP contribution in [-0.4, -0.2) is 20.9 Å². The SMILES string of the molecule is C=CCN1c2ccc(Cl)cc2C(c2ccccc2)=C(C(=O)Nc2ccc(C(C)C)cc2)S1(=O)=O. The van der Waals surface area contributed by atoms with Gasteiger partial charge in [-0.05, 0) is 47.4 Å². The van der Waals surface area contributed by atoms with Crippen LogP contribution in [0, 0.1) is 0 Å². The van der Waals surface area contributed by atoms with Crippen molar-refractivity contribution in [1.82, 2.24) is 0 Å². The summed E-state index contributed by atoms with van der Waals surface area (Å²) in [5.74, 6) is -0.375. The Kier molecular flexibility index (Phi) is 6.64. The summed E-state index contributed by atoms with van der Waals surface area (Å²) in [4.78, 5) is 13.3. The van der Waals surface area contributed by atoms with Crippen LogP contribution in [0.5, 0.6) is 0 Å². The average molecular weight is 493 g/mol. The van der Waals surface area contributed by atoms with E-state index in [1.165, 1.54) is 10.4 Å². The van der Waals surface area contributed by atoms with Gasteiger partial charge in [-0.2, -0.15) is 0 Å². The van der Waals surface area contributed by atoms with E-state index in [4.69, 9.17) is 11.6 Å². The highest BCUT2D eigenvalue weighted by molar-refractivity contribution is 7.97. The Morgan fingerprint density at radius 2 is 1.74 bits per heavy atom. The predicted molar refractivity (Wildman–Crippen MR) is 140 cm³/mol. The van der Waals surface area contributed by atoms with Crippen molar-refractivity contribution in [3.63, 3.8) is 0 Å². The molecule has 0 saturated carbocycles. The summed E-state index contributed by atoms with van der Waals surface area (Å²) in [6.45, 7) is 7.87. The molecule has 1 heterocycles. The van der Waals surface area contributed by atoms with Gasteiger partial charge in [-0.15, -0.1) is 6.58 Å². The molecule has 0 fully saturated rings. The van der Waals surface area contributed by atoms with Gasteiger partial charge in [-0.25, -0.2) is 8.42 Å². The van der Waals surface area contributed by atoms with E-state index in [1.807, 2.05) is 18.2 Å². The van der Waals surface area contributed by atoms with Crippen molar-refractivity contribution in [2.75, 3.05) is 16.2 Å². The second-order valence-corrected chi connectivity index (χ2v) is 10.5. The molecule has 34 heavy (non-hydrogen) atoms. The highest BCUT2D eigenvalue weighted by atomic mass is 35.5. The molecule has 1 aliphatic rings. The number of carbonyl (C=O) groups excluding carboxylic acids is 1. The van der Waals surface area contributed by atoms with E-state index in [0.717, 1.165) is 5.56 Å². The molecule has 0 spiro atoms. The topological polar surface area (TPSA) is 66.5 Å². The fourth-order valence-electron chi connectivity index (χ4n) is 3.99. The molecule has 4 rings (SSSR count). The quantitative estimate of drug-likeness (QED) is 0.417. The van der Waals surface area contributed by atoms with Crippen molar-refractivity contribution in [2.24, 2.45) is 0 Å². The van der Waals surface area contributed by atoms with Gasteiger partial charge in [-0.3, -0.25) is 9.10 Å². The van der Waals surface area contributed by atoms with Gasteiger partial charge in [0.1, 0.15) is 0 Å².